The number of benzene rings is 1. The van der Waals surface area contributed by atoms with Crippen LogP contribution in [0, 0.1) is 11.8 Å². The summed E-state index contributed by atoms with van der Waals surface area (Å²) in [6, 6.07) is 5.93. The van der Waals surface area contributed by atoms with Crippen molar-refractivity contribution in [2.24, 2.45) is 11.8 Å². The van der Waals surface area contributed by atoms with Gasteiger partial charge in [0.15, 0.2) is 0 Å². The van der Waals surface area contributed by atoms with E-state index in [0.717, 1.165) is 46.9 Å². The van der Waals surface area contributed by atoms with E-state index in [9.17, 15) is 5.11 Å². The summed E-state index contributed by atoms with van der Waals surface area (Å²) in [6.45, 7) is 4.62. The van der Waals surface area contributed by atoms with Crippen LogP contribution in [0.1, 0.15) is 57.6 Å². The number of hydrogen-bond donors (Lipinski definition) is 1. The van der Waals surface area contributed by atoms with Gasteiger partial charge in [0.2, 0.25) is 0 Å². The Balaban J connectivity index is 1.81. The summed E-state index contributed by atoms with van der Waals surface area (Å²) in [5.74, 6) is 2.42. The highest BCUT2D eigenvalue weighted by molar-refractivity contribution is 9.10. The van der Waals surface area contributed by atoms with Crippen molar-refractivity contribution in [3.63, 3.8) is 0 Å². The third kappa shape index (κ3) is 2.62. The average molecular weight is 339 g/mol. The van der Waals surface area contributed by atoms with Crippen molar-refractivity contribution < 1.29 is 9.84 Å². The lowest BCUT2D eigenvalue weighted by molar-refractivity contribution is -0.0504. The van der Waals surface area contributed by atoms with Crippen LogP contribution in [0.4, 0.5) is 0 Å². The van der Waals surface area contributed by atoms with Crippen molar-refractivity contribution in [1.82, 2.24) is 0 Å². The molecule has 0 amide bonds. The Kier molecular flexibility index (Phi) is 3.85. The molecular weight excluding hydrogens is 316 g/mol. The van der Waals surface area contributed by atoms with E-state index in [4.69, 9.17) is 4.74 Å². The Labute approximate surface area is 129 Å². The molecule has 0 unspecified atom stereocenters. The Morgan fingerprint density at radius 2 is 2.00 bits per heavy atom. The first-order chi connectivity index (χ1) is 9.49. The molecule has 0 bridgehead atoms. The van der Waals surface area contributed by atoms with E-state index in [-0.39, 0.29) is 11.7 Å². The van der Waals surface area contributed by atoms with Crippen LogP contribution < -0.4 is 4.74 Å². The van der Waals surface area contributed by atoms with Gasteiger partial charge in [-0.25, -0.2) is 0 Å². The largest absolute Gasteiger partial charge is 0.487 e. The Morgan fingerprint density at radius 1 is 1.30 bits per heavy atom. The van der Waals surface area contributed by atoms with E-state index in [1.54, 1.807) is 0 Å². The second-order valence-electron chi connectivity index (χ2n) is 6.77. The average Bonchev–Trinajstić information content (AvgIpc) is 2.38. The molecule has 1 N–H and O–H groups in total. The third-order valence-corrected chi connectivity index (χ3v) is 5.60. The van der Waals surface area contributed by atoms with Crippen molar-refractivity contribution in [2.75, 3.05) is 0 Å². The maximum absolute atomic E-state index is 10.4. The lowest BCUT2D eigenvalue weighted by Crippen LogP contribution is -2.44. The Hall–Kier alpha value is -0.540. The zero-order valence-corrected chi connectivity index (χ0v) is 13.8. The molecule has 1 atom stereocenters. The number of aliphatic hydroxyl groups is 1. The standard InChI is InChI=1S/C17H23BrO2/c1-11(2)12-5-7-17(8-6-12)10-15(19)14-4-3-13(18)9-16(14)20-17/h3-4,9,11-12,15,19H,5-8,10H2,1-2H3/t12?,15-,17?/m0/s1. The predicted octanol–water partition coefficient (Wildman–Crippen LogP) is 4.85. The van der Waals surface area contributed by atoms with Crippen molar-refractivity contribution in [3.8, 4) is 5.75 Å². The van der Waals surface area contributed by atoms with E-state index < -0.39 is 0 Å². The van der Waals surface area contributed by atoms with Gasteiger partial charge in [0.05, 0.1) is 6.10 Å². The number of hydrogen-bond acceptors (Lipinski definition) is 2. The van der Waals surface area contributed by atoms with Gasteiger partial charge in [-0.3, -0.25) is 0 Å². The molecule has 0 saturated heterocycles. The third-order valence-electron chi connectivity index (χ3n) is 5.11. The zero-order valence-electron chi connectivity index (χ0n) is 12.2. The highest BCUT2D eigenvalue weighted by atomic mass is 79.9. The topological polar surface area (TPSA) is 29.5 Å². The second kappa shape index (κ2) is 5.34. The van der Waals surface area contributed by atoms with Crippen LogP contribution in [-0.4, -0.2) is 10.7 Å². The van der Waals surface area contributed by atoms with Gasteiger partial charge in [0, 0.05) is 16.5 Å². The van der Waals surface area contributed by atoms with E-state index in [2.05, 4.69) is 29.8 Å². The van der Waals surface area contributed by atoms with Crippen molar-refractivity contribution in [1.29, 1.82) is 0 Å². The molecule has 110 valence electrons. The monoisotopic (exact) mass is 338 g/mol. The van der Waals surface area contributed by atoms with E-state index in [0.29, 0.717) is 0 Å². The predicted molar refractivity (Wildman–Crippen MR) is 83.9 cm³/mol. The molecule has 2 aliphatic rings. The Morgan fingerprint density at radius 3 is 2.65 bits per heavy atom. The highest BCUT2D eigenvalue weighted by Gasteiger charge is 2.43. The summed E-state index contributed by atoms with van der Waals surface area (Å²) in [6.07, 6.45) is 4.92. The molecular formula is C17H23BrO2. The summed E-state index contributed by atoms with van der Waals surface area (Å²) in [5, 5.41) is 10.4. The number of rotatable bonds is 1. The second-order valence-corrected chi connectivity index (χ2v) is 7.68. The molecule has 1 fully saturated rings. The van der Waals surface area contributed by atoms with E-state index in [1.807, 2.05) is 18.2 Å². The lowest BCUT2D eigenvalue weighted by Gasteiger charge is -2.45. The maximum Gasteiger partial charge on any atom is 0.127 e. The van der Waals surface area contributed by atoms with E-state index >= 15 is 0 Å². The summed E-state index contributed by atoms with van der Waals surface area (Å²) < 4.78 is 7.36. The van der Waals surface area contributed by atoms with Crippen LogP contribution in [-0.2, 0) is 0 Å². The molecule has 3 heteroatoms. The van der Waals surface area contributed by atoms with Crippen molar-refractivity contribution in [2.45, 2.75) is 57.7 Å². The molecule has 0 radical (unpaired) electrons. The van der Waals surface area contributed by atoms with Gasteiger partial charge in [-0.15, -0.1) is 0 Å². The zero-order chi connectivity index (χ0) is 14.3. The van der Waals surface area contributed by atoms with Gasteiger partial charge in [0.1, 0.15) is 11.4 Å². The minimum atomic E-state index is -0.387. The lowest BCUT2D eigenvalue weighted by atomic mass is 9.71. The molecule has 1 saturated carbocycles. The molecule has 1 aliphatic heterocycles. The summed E-state index contributed by atoms with van der Waals surface area (Å²) in [5.41, 5.74) is 0.795. The fourth-order valence-corrected chi connectivity index (χ4v) is 4.09. The minimum absolute atomic E-state index is 0.140. The van der Waals surface area contributed by atoms with Crippen LogP contribution >= 0.6 is 15.9 Å². The molecule has 1 aromatic carbocycles. The Bertz CT molecular complexity index is 490. The normalized spacial score (nSPS) is 33.0. The smallest absolute Gasteiger partial charge is 0.127 e. The van der Waals surface area contributed by atoms with Crippen molar-refractivity contribution >= 4 is 15.9 Å². The first kappa shape index (κ1) is 14.4. The molecule has 0 aromatic heterocycles. The fraction of sp³-hybridized carbons (Fsp3) is 0.647. The summed E-state index contributed by atoms with van der Waals surface area (Å²) in [4.78, 5) is 0. The first-order valence-electron chi connectivity index (χ1n) is 7.66. The number of fused-ring (bicyclic) bond motifs is 1. The minimum Gasteiger partial charge on any atom is -0.487 e. The molecule has 1 heterocycles. The van der Waals surface area contributed by atoms with Crippen LogP contribution in [0.3, 0.4) is 0 Å². The van der Waals surface area contributed by atoms with E-state index in [1.165, 1.54) is 12.8 Å². The molecule has 3 rings (SSSR count). The molecule has 1 spiro atoms. The fourth-order valence-electron chi connectivity index (χ4n) is 3.75. The van der Waals surface area contributed by atoms with Crippen LogP contribution in [0.25, 0.3) is 0 Å². The molecule has 1 aliphatic carbocycles. The highest BCUT2D eigenvalue weighted by Crippen LogP contribution is 2.48. The van der Waals surface area contributed by atoms with Crippen LogP contribution in [0.5, 0.6) is 5.75 Å². The number of ether oxygens (including phenoxy) is 1. The maximum atomic E-state index is 10.4. The molecule has 20 heavy (non-hydrogen) atoms. The van der Waals surface area contributed by atoms with Gasteiger partial charge < -0.3 is 9.84 Å². The quantitative estimate of drug-likeness (QED) is 0.792. The van der Waals surface area contributed by atoms with Gasteiger partial charge in [-0.05, 0) is 49.7 Å². The summed E-state index contributed by atoms with van der Waals surface area (Å²) >= 11 is 3.49. The first-order valence-corrected chi connectivity index (χ1v) is 8.45. The van der Waals surface area contributed by atoms with Crippen LogP contribution in [0.2, 0.25) is 0 Å². The SMILES string of the molecule is CC(C)C1CCC2(CC1)C[C@H](O)c1ccc(Br)cc1O2. The number of aliphatic hydroxyl groups excluding tert-OH is 1. The van der Waals surface area contributed by atoms with Crippen molar-refractivity contribution in [3.05, 3.63) is 28.2 Å². The van der Waals surface area contributed by atoms with Gasteiger partial charge in [-0.1, -0.05) is 35.8 Å². The molecule has 2 nitrogen and oxygen atoms in total. The van der Waals surface area contributed by atoms with Gasteiger partial charge in [0.25, 0.3) is 0 Å². The summed E-state index contributed by atoms with van der Waals surface area (Å²) in [7, 11) is 0. The van der Waals surface area contributed by atoms with Gasteiger partial charge in [-0.2, -0.15) is 0 Å². The van der Waals surface area contributed by atoms with Gasteiger partial charge >= 0.3 is 0 Å². The van der Waals surface area contributed by atoms with Crippen LogP contribution in [0.15, 0.2) is 22.7 Å². The molecule has 1 aromatic rings. The number of halogens is 1.